The predicted molar refractivity (Wildman–Crippen MR) is 75.4 cm³/mol. The van der Waals surface area contributed by atoms with Crippen LogP contribution in [0.2, 0.25) is 0 Å². The standard InChI is InChI=1S/C15H18N2O2/c1-3-11-17-15(18)10-9-14(16-17)12-5-7-13(8-6-12)19-4-2/h5-10H,3-4,11H2,1-2H3. The fourth-order valence-corrected chi connectivity index (χ4v) is 1.86. The Labute approximate surface area is 112 Å². The van der Waals surface area contributed by atoms with E-state index in [1.165, 1.54) is 4.68 Å². The van der Waals surface area contributed by atoms with Crippen LogP contribution >= 0.6 is 0 Å². The van der Waals surface area contributed by atoms with E-state index in [4.69, 9.17) is 4.74 Å². The van der Waals surface area contributed by atoms with Crippen LogP contribution in [0.3, 0.4) is 0 Å². The highest BCUT2D eigenvalue weighted by Crippen LogP contribution is 2.19. The molecule has 0 radical (unpaired) electrons. The molecule has 19 heavy (non-hydrogen) atoms. The van der Waals surface area contributed by atoms with E-state index in [0.29, 0.717) is 13.2 Å². The van der Waals surface area contributed by atoms with Gasteiger partial charge in [0.25, 0.3) is 5.56 Å². The molecular weight excluding hydrogens is 240 g/mol. The Hall–Kier alpha value is -2.10. The molecule has 0 bridgehead atoms. The number of hydrogen-bond donors (Lipinski definition) is 0. The Balaban J connectivity index is 2.30. The highest BCUT2D eigenvalue weighted by Gasteiger charge is 2.03. The molecule has 0 aliphatic rings. The monoisotopic (exact) mass is 258 g/mol. The lowest BCUT2D eigenvalue weighted by atomic mass is 10.1. The van der Waals surface area contributed by atoms with Crippen LogP contribution in [0.4, 0.5) is 0 Å². The normalized spacial score (nSPS) is 10.4. The van der Waals surface area contributed by atoms with Crippen molar-refractivity contribution in [3.63, 3.8) is 0 Å². The molecule has 0 aliphatic heterocycles. The molecule has 4 heteroatoms. The van der Waals surface area contributed by atoms with Crippen molar-refractivity contribution in [1.82, 2.24) is 9.78 Å². The minimum atomic E-state index is -0.0588. The van der Waals surface area contributed by atoms with E-state index < -0.39 is 0 Å². The highest BCUT2D eigenvalue weighted by atomic mass is 16.5. The molecule has 0 aliphatic carbocycles. The minimum absolute atomic E-state index is 0.0588. The average Bonchev–Trinajstić information content (AvgIpc) is 2.43. The fraction of sp³-hybridized carbons (Fsp3) is 0.333. The molecule has 0 saturated heterocycles. The van der Waals surface area contributed by atoms with Crippen molar-refractivity contribution in [2.75, 3.05) is 6.61 Å². The Morgan fingerprint density at radius 1 is 1.11 bits per heavy atom. The zero-order valence-corrected chi connectivity index (χ0v) is 11.3. The second-order valence-corrected chi connectivity index (χ2v) is 4.24. The molecule has 0 fully saturated rings. The maximum absolute atomic E-state index is 11.6. The molecule has 1 heterocycles. The van der Waals surface area contributed by atoms with Crippen LogP contribution in [0.25, 0.3) is 11.3 Å². The summed E-state index contributed by atoms with van der Waals surface area (Å²) in [5.41, 5.74) is 1.72. The first kappa shape index (κ1) is 13.3. The first-order valence-corrected chi connectivity index (χ1v) is 6.56. The second-order valence-electron chi connectivity index (χ2n) is 4.24. The van der Waals surface area contributed by atoms with E-state index in [2.05, 4.69) is 5.10 Å². The van der Waals surface area contributed by atoms with Gasteiger partial charge in [0.15, 0.2) is 0 Å². The van der Waals surface area contributed by atoms with Crippen LogP contribution in [0.5, 0.6) is 5.75 Å². The Kier molecular flexibility index (Phi) is 4.34. The van der Waals surface area contributed by atoms with Gasteiger partial charge in [-0.1, -0.05) is 6.92 Å². The van der Waals surface area contributed by atoms with Crippen LogP contribution in [-0.2, 0) is 6.54 Å². The minimum Gasteiger partial charge on any atom is -0.494 e. The molecule has 1 aromatic heterocycles. The van der Waals surface area contributed by atoms with E-state index in [1.54, 1.807) is 12.1 Å². The third kappa shape index (κ3) is 3.22. The number of ether oxygens (including phenoxy) is 1. The topological polar surface area (TPSA) is 44.1 Å². The lowest BCUT2D eigenvalue weighted by Gasteiger charge is -2.07. The van der Waals surface area contributed by atoms with Gasteiger partial charge >= 0.3 is 0 Å². The molecular formula is C15H18N2O2. The average molecular weight is 258 g/mol. The van der Waals surface area contributed by atoms with Gasteiger partial charge in [-0.3, -0.25) is 4.79 Å². The summed E-state index contributed by atoms with van der Waals surface area (Å²) < 4.78 is 6.91. The number of aryl methyl sites for hydroxylation is 1. The summed E-state index contributed by atoms with van der Waals surface area (Å²) in [6.07, 6.45) is 0.889. The molecule has 0 unspecified atom stereocenters. The van der Waals surface area contributed by atoms with Gasteiger partial charge in [0.05, 0.1) is 12.3 Å². The number of aromatic nitrogens is 2. The largest absolute Gasteiger partial charge is 0.494 e. The van der Waals surface area contributed by atoms with Gasteiger partial charge in [0, 0.05) is 18.2 Å². The van der Waals surface area contributed by atoms with E-state index in [0.717, 1.165) is 23.4 Å². The number of hydrogen-bond acceptors (Lipinski definition) is 3. The SMILES string of the molecule is CCCn1nc(-c2ccc(OCC)cc2)ccc1=O. The molecule has 0 spiro atoms. The molecule has 0 amide bonds. The predicted octanol–water partition coefficient (Wildman–Crippen LogP) is 2.72. The van der Waals surface area contributed by atoms with E-state index >= 15 is 0 Å². The number of benzene rings is 1. The van der Waals surface area contributed by atoms with Crippen LogP contribution in [0.15, 0.2) is 41.2 Å². The maximum atomic E-state index is 11.6. The Morgan fingerprint density at radius 2 is 1.84 bits per heavy atom. The van der Waals surface area contributed by atoms with Crippen molar-refractivity contribution in [2.24, 2.45) is 0 Å². The van der Waals surface area contributed by atoms with Gasteiger partial charge in [-0.15, -0.1) is 0 Å². The summed E-state index contributed by atoms with van der Waals surface area (Å²) in [4.78, 5) is 11.6. The van der Waals surface area contributed by atoms with Crippen molar-refractivity contribution < 1.29 is 4.74 Å². The highest BCUT2D eigenvalue weighted by molar-refractivity contribution is 5.59. The first-order chi connectivity index (χ1) is 9.24. The zero-order chi connectivity index (χ0) is 13.7. The molecule has 0 saturated carbocycles. The molecule has 2 aromatic rings. The van der Waals surface area contributed by atoms with Crippen LogP contribution in [-0.4, -0.2) is 16.4 Å². The van der Waals surface area contributed by atoms with Crippen molar-refractivity contribution in [2.45, 2.75) is 26.8 Å². The van der Waals surface area contributed by atoms with E-state index in [9.17, 15) is 4.79 Å². The lowest BCUT2D eigenvalue weighted by molar-refractivity contribution is 0.340. The van der Waals surface area contributed by atoms with Crippen molar-refractivity contribution in [3.05, 3.63) is 46.8 Å². The number of rotatable bonds is 5. The summed E-state index contributed by atoms with van der Waals surface area (Å²) in [6.45, 7) is 5.27. The Morgan fingerprint density at radius 3 is 2.47 bits per heavy atom. The Bertz CT molecular complexity index is 588. The summed E-state index contributed by atoms with van der Waals surface area (Å²) in [7, 11) is 0. The second kappa shape index (κ2) is 6.18. The third-order valence-electron chi connectivity index (χ3n) is 2.76. The summed E-state index contributed by atoms with van der Waals surface area (Å²) in [5, 5.41) is 4.37. The summed E-state index contributed by atoms with van der Waals surface area (Å²) in [6, 6.07) is 11.0. The molecule has 0 N–H and O–H groups in total. The van der Waals surface area contributed by atoms with Crippen LogP contribution in [0, 0.1) is 0 Å². The van der Waals surface area contributed by atoms with Crippen molar-refractivity contribution in [3.8, 4) is 17.0 Å². The molecule has 1 aromatic carbocycles. The van der Waals surface area contributed by atoms with Gasteiger partial charge < -0.3 is 4.74 Å². The number of nitrogens with zero attached hydrogens (tertiary/aromatic N) is 2. The summed E-state index contributed by atoms with van der Waals surface area (Å²) in [5.74, 6) is 0.841. The third-order valence-corrected chi connectivity index (χ3v) is 2.76. The van der Waals surface area contributed by atoms with E-state index in [-0.39, 0.29) is 5.56 Å². The van der Waals surface area contributed by atoms with E-state index in [1.807, 2.05) is 38.1 Å². The van der Waals surface area contributed by atoms with Gasteiger partial charge in [0.2, 0.25) is 0 Å². The smallest absolute Gasteiger partial charge is 0.266 e. The zero-order valence-electron chi connectivity index (χ0n) is 11.3. The van der Waals surface area contributed by atoms with Crippen molar-refractivity contribution in [1.29, 1.82) is 0 Å². The summed E-state index contributed by atoms with van der Waals surface area (Å²) >= 11 is 0. The molecule has 100 valence electrons. The molecule has 0 atom stereocenters. The fourth-order valence-electron chi connectivity index (χ4n) is 1.86. The van der Waals surface area contributed by atoms with Crippen LogP contribution < -0.4 is 10.3 Å². The maximum Gasteiger partial charge on any atom is 0.266 e. The quantitative estimate of drug-likeness (QED) is 0.828. The molecule has 4 nitrogen and oxygen atoms in total. The van der Waals surface area contributed by atoms with Gasteiger partial charge in [-0.2, -0.15) is 5.10 Å². The van der Waals surface area contributed by atoms with Gasteiger partial charge in [-0.05, 0) is 43.7 Å². The van der Waals surface area contributed by atoms with Crippen LogP contribution in [0.1, 0.15) is 20.3 Å². The van der Waals surface area contributed by atoms with Gasteiger partial charge in [-0.25, -0.2) is 4.68 Å². The van der Waals surface area contributed by atoms with Crippen molar-refractivity contribution >= 4 is 0 Å². The first-order valence-electron chi connectivity index (χ1n) is 6.56. The lowest BCUT2D eigenvalue weighted by Crippen LogP contribution is -2.21. The van der Waals surface area contributed by atoms with Gasteiger partial charge in [0.1, 0.15) is 5.75 Å². The molecule has 2 rings (SSSR count).